The molecule has 0 saturated heterocycles. The van der Waals surface area contributed by atoms with Crippen LogP contribution in [0.2, 0.25) is 0 Å². The Morgan fingerprint density at radius 1 is 1.36 bits per heavy atom. The van der Waals surface area contributed by atoms with Crippen LogP contribution < -0.4 is 5.73 Å². The Morgan fingerprint density at radius 3 is 2.93 bits per heavy atom. The summed E-state index contributed by atoms with van der Waals surface area (Å²) < 4.78 is 1.71. The molecule has 5 nitrogen and oxygen atoms in total. The van der Waals surface area contributed by atoms with Gasteiger partial charge in [-0.2, -0.15) is 0 Å². The molecule has 0 radical (unpaired) electrons. The Kier molecular flexibility index (Phi) is 2.40. The van der Waals surface area contributed by atoms with Gasteiger partial charge in [0.1, 0.15) is 0 Å². The standard InChI is InChI=1S/C9H11N5/c10-9-7-14(13-12-9)6-4-8-3-1-2-5-11-8/h1-3,5,7H,4,6,10H2. The first kappa shape index (κ1) is 8.68. The number of hydrogen-bond donors (Lipinski definition) is 1. The van der Waals surface area contributed by atoms with Crippen LogP contribution in [0.5, 0.6) is 0 Å². The van der Waals surface area contributed by atoms with Gasteiger partial charge in [0.15, 0.2) is 5.82 Å². The molecule has 2 rings (SSSR count). The van der Waals surface area contributed by atoms with Crippen LogP contribution >= 0.6 is 0 Å². The van der Waals surface area contributed by atoms with Crippen molar-refractivity contribution in [2.45, 2.75) is 13.0 Å². The average molecular weight is 189 g/mol. The minimum absolute atomic E-state index is 0.450. The molecule has 2 heterocycles. The molecule has 0 bridgehead atoms. The summed E-state index contributed by atoms with van der Waals surface area (Å²) in [6.07, 6.45) is 4.33. The second kappa shape index (κ2) is 3.87. The van der Waals surface area contributed by atoms with E-state index in [0.717, 1.165) is 18.7 Å². The molecule has 0 spiro atoms. The molecule has 0 aromatic carbocycles. The summed E-state index contributed by atoms with van der Waals surface area (Å²) in [4.78, 5) is 4.21. The van der Waals surface area contributed by atoms with Crippen molar-refractivity contribution < 1.29 is 0 Å². The second-order valence-electron chi connectivity index (χ2n) is 2.98. The third-order valence-electron chi connectivity index (χ3n) is 1.88. The van der Waals surface area contributed by atoms with E-state index < -0.39 is 0 Å². The number of nitrogens with two attached hydrogens (primary N) is 1. The summed E-state index contributed by atoms with van der Waals surface area (Å²) in [5, 5.41) is 7.54. The van der Waals surface area contributed by atoms with E-state index in [9.17, 15) is 0 Å². The molecular formula is C9H11N5. The number of nitrogen functional groups attached to an aromatic ring is 1. The molecule has 0 saturated carbocycles. The van der Waals surface area contributed by atoms with Gasteiger partial charge in [-0.15, -0.1) is 5.10 Å². The Labute approximate surface area is 81.6 Å². The lowest BCUT2D eigenvalue weighted by Crippen LogP contribution is -2.03. The first-order chi connectivity index (χ1) is 6.84. The second-order valence-corrected chi connectivity index (χ2v) is 2.98. The molecule has 72 valence electrons. The van der Waals surface area contributed by atoms with E-state index in [0.29, 0.717) is 5.82 Å². The van der Waals surface area contributed by atoms with Gasteiger partial charge in [0, 0.05) is 24.9 Å². The number of pyridine rings is 1. The molecule has 2 N–H and O–H groups in total. The van der Waals surface area contributed by atoms with Gasteiger partial charge in [-0.25, -0.2) is 4.68 Å². The van der Waals surface area contributed by atoms with Crippen molar-refractivity contribution in [1.82, 2.24) is 20.0 Å². The predicted octanol–water partition coefficient (Wildman–Crippen LogP) is 0.498. The van der Waals surface area contributed by atoms with Gasteiger partial charge in [0.05, 0.1) is 6.20 Å². The zero-order valence-corrected chi connectivity index (χ0v) is 7.67. The van der Waals surface area contributed by atoms with Crippen molar-refractivity contribution >= 4 is 5.82 Å². The topological polar surface area (TPSA) is 69.6 Å². The SMILES string of the molecule is Nc1cn(CCc2ccccn2)nn1. The quantitative estimate of drug-likeness (QED) is 0.763. The van der Waals surface area contributed by atoms with Gasteiger partial charge >= 0.3 is 0 Å². The minimum atomic E-state index is 0.450. The predicted molar refractivity (Wildman–Crippen MR) is 52.4 cm³/mol. The lowest BCUT2D eigenvalue weighted by atomic mass is 10.3. The zero-order valence-electron chi connectivity index (χ0n) is 7.67. The lowest BCUT2D eigenvalue weighted by Gasteiger charge is -1.99. The van der Waals surface area contributed by atoms with Gasteiger partial charge in [0.25, 0.3) is 0 Å². The normalized spacial score (nSPS) is 10.3. The highest BCUT2D eigenvalue weighted by molar-refractivity contribution is 5.19. The monoisotopic (exact) mass is 189 g/mol. The van der Waals surface area contributed by atoms with Crippen LogP contribution in [0, 0.1) is 0 Å². The highest BCUT2D eigenvalue weighted by atomic mass is 15.4. The van der Waals surface area contributed by atoms with Gasteiger partial charge in [-0.05, 0) is 12.1 Å². The Balaban J connectivity index is 1.95. The van der Waals surface area contributed by atoms with Crippen LogP contribution in [0.3, 0.4) is 0 Å². The molecule has 0 aliphatic heterocycles. The molecule has 5 heteroatoms. The number of aromatic nitrogens is 4. The Bertz CT molecular complexity index is 395. The summed E-state index contributed by atoms with van der Waals surface area (Å²) in [5.41, 5.74) is 6.48. The number of aryl methyl sites for hydroxylation is 2. The molecule has 0 amide bonds. The molecule has 0 atom stereocenters. The summed E-state index contributed by atoms with van der Waals surface area (Å²) >= 11 is 0. The molecule has 2 aromatic rings. The first-order valence-corrected chi connectivity index (χ1v) is 4.40. The lowest BCUT2D eigenvalue weighted by molar-refractivity contribution is 0.584. The highest BCUT2D eigenvalue weighted by Gasteiger charge is 1.97. The van der Waals surface area contributed by atoms with Crippen molar-refractivity contribution in [2.24, 2.45) is 0 Å². The van der Waals surface area contributed by atoms with Gasteiger partial charge in [-0.3, -0.25) is 4.98 Å². The van der Waals surface area contributed by atoms with Crippen molar-refractivity contribution in [1.29, 1.82) is 0 Å². The zero-order chi connectivity index (χ0) is 9.80. The average Bonchev–Trinajstić information content (AvgIpc) is 2.63. The summed E-state index contributed by atoms with van der Waals surface area (Å²) in [6, 6.07) is 5.86. The smallest absolute Gasteiger partial charge is 0.165 e. The van der Waals surface area contributed by atoms with Crippen LogP contribution in [0.4, 0.5) is 5.82 Å². The van der Waals surface area contributed by atoms with E-state index in [4.69, 9.17) is 5.73 Å². The van der Waals surface area contributed by atoms with Crippen LogP contribution in [-0.4, -0.2) is 20.0 Å². The van der Waals surface area contributed by atoms with E-state index >= 15 is 0 Å². The van der Waals surface area contributed by atoms with Gasteiger partial charge in [-0.1, -0.05) is 11.3 Å². The fourth-order valence-corrected chi connectivity index (χ4v) is 1.20. The summed E-state index contributed by atoms with van der Waals surface area (Å²) in [5.74, 6) is 0.450. The van der Waals surface area contributed by atoms with Crippen molar-refractivity contribution in [2.75, 3.05) is 5.73 Å². The van der Waals surface area contributed by atoms with Crippen molar-refractivity contribution in [3.05, 3.63) is 36.3 Å². The third kappa shape index (κ3) is 2.07. The number of nitrogens with zero attached hydrogens (tertiary/aromatic N) is 4. The Morgan fingerprint density at radius 2 is 2.29 bits per heavy atom. The van der Waals surface area contributed by atoms with Crippen LogP contribution in [-0.2, 0) is 13.0 Å². The molecule has 2 aromatic heterocycles. The van der Waals surface area contributed by atoms with Crippen LogP contribution in [0.1, 0.15) is 5.69 Å². The summed E-state index contributed by atoms with van der Waals surface area (Å²) in [7, 11) is 0. The number of rotatable bonds is 3. The van der Waals surface area contributed by atoms with E-state index in [-0.39, 0.29) is 0 Å². The third-order valence-corrected chi connectivity index (χ3v) is 1.88. The first-order valence-electron chi connectivity index (χ1n) is 4.40. The molecule has 0 unspecified atom stereocenters. The molecule has 0 fully saturated rings. The maximum absolute atomic E-state index is 5.44. The van der Waals surface area contributed by atoms with Crippen LogP contribution in [0.25, 0.3) is 0 Å². The minimum Gasteiger partial charge on any atom is -0.381 e. The van der Waals surface area contributed by atoms with E-state index in [1.807, 2.05) is 18.2 Å². The van der Waals surface area contributed by atoms with E-state index in [1.54, 1.807) is 17.1 Å². The molecule has 0 aliphatic rings. The summed E-state index contributed by atoms with van der Waals surface area (Å²) in [6.45, 7) is 0.751. The molecule has 0 aliphatic carbocycles. The molecule has 14 heavy (non-hydrogen) atoms. The van der Waals surface area contributed by atoms with E-state index in [1.165, 1.54) is 0 Å². The van der Waals surface area contributed by atoms with Crippen molar-refractivity contribution in [3.8, 4) is 0 Å². The maximum Gasteiger partial charge on any atom is 0.165 e. The fourth-order valence-electron chi connectivity index (χ4n) is 1.20. The fraction of sp³-hybridized carbons (Fsp3) is 0.222. The van der Waals surface area contributed by atoms with E-state index in [2.05, 4.69) is 15.3 Å². The molecular weight excluding hydrogens is 178 g/mol. The largest absolute Gasteiger partial charge is 0.381 e. The number of hydrogen-bond acceptors (Lipinski definition) is 4. The van der Waals surface area contributed by atoms with Crippen molar-refractivity contribution in [3.63, 3.8) is 0 Å². The number of anilines is 1. The Hall–Kier alpha value is -1.91. The van der Waals surface area contributed by atoms with Crippen LogP contribution in [0.15, 0.2) is 30.6 Å². The van der Waals surface area contributed by atoms with Gasteiger partial charge < -0.3 is 5.73 Å². The van der Waals surface area contributed by atoms with Gasteiger partial charge in [0.2, 0.25) is 0 Å². The maximum atomic E-state index is 5.44. The highest BCUT2D eigenvalue weighted by Crippen LogP contribution is 1.98.